The van der Waals surface area contributed by atoms with Crippen LogP contribution in [-0.2, 0) is 12.8 Å². The summed E-state index contributed by atoms with van der Waals surface area (Å²) < 4.78 is 5.39. The number of fused-ring (bicyclic) bond motifs is 1. The topological polar surface area (TPSA) is 38.3 Å². The van der Waals surface area contributed by atoms with Crippen molar-refractivity contribution in [1.29, 1.82) is 0 Å². The molecule has 2 aromatic rings. The molecule has 1 aliphatic carbocycles. The van der Waals surface area contributed by atoms with Gasteiger partial charge < -0.3 is 10.1 Å². The molecular formula is C21H23NO2. The van der Waals surface area contributed by atoms with Crippen molar-refractivity contribution in [2.24, 2.45) is 0 Å². The van der Waals surface area contributed by atoms with Crippen molar-refractivity contribution >= 4 is 11.5 Å². The second-order valence-corrected chi connectivity index (χ2v) is 5.95. The van der Waals surface area contributed by atoms with Crippen LogP contribution in [0.1, 0.15) is 41.3 Å². The van der Waals surface area contributed by atoms with Crippen LogP contribution in [0.25, 0.3) is 0 Å². The number of allylic oxidation sites excluding steroid dienone is 1. The predicted octanol–water partition coefficient (Wildman–Crippen LogP) is 4.77. The number of nitrogens with one attached hydrogen (secondary N) is 1. The van der Waals surface area contributed by atoms with Gasteiger partial charge in [-0.1, -0.05) is 12.1 Å². The summed E-state index contributed by atoms with van der Waals surface area (Å²) in [5.74, 6) is 0.766. The van der Waals surface area contributed by atoms with Crippen molar-refractivity contribution in [3.63, 3.8) is 0 Å². The molecule has 0 saturated carbocycles. The monoisotopic (exact) mass is 321 g/mol. The molecular weight excluding hydrogens is 298 g/mol. The van der Waals surface area contributed by atoms with Crippen LogP contribution < -0.4 is 10.1 Å². The molecule has 1 aliphatic rings. The van der Waals surface area contributed by atoms with Crippen LogP contribution in [0.5, 0.6) is 5.75 Å². The van der Waals surface area contributed by atoms with Crippen molar-refractivity contribution in [1.82, 2.24) is 0 Å². The zero-order chi connectivity index (χ0) is 16.8. The summed E-state index contributed by atoms with van der Waals surface area (Å²) in [6, 6.07) is 13.6. The van der Waals surface area contributed by atoms with Crippen LogP contribution in [0, 0.1) is 0 Å². The normalized spacial score (nSPS) is 13.5. The number of ketones is 1. The number of hydrogen-bond donors (Lipinski definition) is 1. The Labute approximate surface area is 143 Å². The van der Waals surface area contributed by atoms with E-state index in [1.54, 1.807) is 24.4 Å². The molecule has 0 spiro atoms. The van der Waals surface area contributed by atoms with E-state index in [0.29, 0.717) is 12.2 Å². The number of aryl methyl sites for hydroxylation is 1. The minimum atomic E-state index is -0.0182. The maximum absolute atomic E-state index is 12.2. The summed E-state index contributed by atoms with van der Waals surface area (Å²) in [5, 5.41) is 3.28. The van der Waals surface area contributed by atoms with Gasteiger partial charge in [-0.05, 0) is 74.1 Å². The van der Waals surface area contributed by atoms with Crippen LogP contribution >= 0.6 is 0 Å². The van der Waals surface area contributed by atoms with E-state index in [-0.39, 0.29) is 5.78 Å². The standard InChI is InChI=1S/C21H23NO2/c1-2-24-18-12-10-17(11-13-18)21(23)14-15-22-20-9-5-7-16-6-3-4-8-19(16)20/h5,7,9-15,22H,2-4,6,8H2,1H3/b15-14+. The second-order valence-electron chi connectivity index (χ2n) is 5.95. The molecule has 0 amide bonds. The van der Waals surface area contributed by atoms with E-state index in [1.165, 1.54) is 24.0 Å². The average Bonchev–Trinajstić information content (AvgIpc) is 2.63. The van der Waals surface area contributed by atoms with Gasteiger partial charge in [0.15, 0.2) is 5.78 Å². The highest BCUT2D eigenvalue weighted by molar-refractivity contribution is 6.04. The second kappa shape index (κ2) is 7.82. The van der Waals surface area contributed by atoms with E-state index >= 15 is 0 Å². The lowest BCUT2D eigenvalue weighted by Gasteiger charge is -2.18. The number of carbonyl (C=O) groups is 1. The van der Waals surface area contributed by atoms with Gasteiger partial charge in [0.2, 0.25) is 0 Å². The third kappa shape index (κ3) is 3.85. The summed E-state index contributed by atoms with van der Waals surface area (Å²) in [5.41, 5.74) is 4.59. The molecule has 0 unspecified atom stereocenters. The van der Waals surface area contributed by atoms with Crippen molar-refractivity contribution in [2.45, 2.75) is 32.6 Å². The van der Waals surface area contributed by atoms with Crippen LogP contribution in [0.4, 0.5) is 5.69 Å². The Balaban J connectivity index is 1.65. The smallest absolute Gasteiger partial charge is 0.187 e. The van der Waals surface area contributed by atoms with Crippen LogP contribution in [-0.4, -0.2) is 12.4 Å². The molecule has 0 aromatic heterocycles. The summed E-state index contributed by atoms with van der Waals surface area (Å²) in [6.07, 6.45) is 8.09. The fourth-order valence-corrected chi connectivity index (χ4v) is 3.10. The highest BCUT2D eigenvalue weighted by Crippen LogP contribution is 2.27. The molecule has 0 atom stereocenters. The molecule has 24 heavy (non-hydrogen) atoms. The average molecular weight is 321 g/mol. The third-order valence-electron chi connectivity index (χ3n) is 4.32. The quantitative estimate of drug-likeness (QED) is 0.615. The fraction of sp³-hybridized carbons (Fsp3) is 0.286. The lowest BCUT2D eigenvalue weighted by molar-refractivity contribution is 0.104. The molecule has 3 heteroatoms. The molecule has 124 valence electrons. The molecule has 3 rings (SSSR count). The molecule has 0 bridgehead atoms. The summed E-state index contributed by atoms with van der Waals surface area (Å²) in [7, 11) is 0. The summed E-state index contributed by atoms with van der Waals surface area (Å²) >= 11 is 0. The maximum Gasteiger partial charge on any atom is 0.187 e. The lowest BCUT2D eigenvalue weighted by Crippen LogP contribution is -2.06. The van der Waals surface area contributed by atoms with Gasteiger partial charge in [-0.15, -0.1) is 0 Å². The van der Waals surface area contributed by atoms with Gasteiger partial charge in [0.25, 0.3) is 0 Å². The van der Waals surface area contributed by atoms with Crippen LogP contribution in [0.3, 0.4) is 0 Å². The highest BCUT2D eigenvalue weighted by Gasteiger charge is 2.12. The molecule has 0 radical (unpaired) electrons. The van der Waals surface area contributed by atoms with Gasteiger partial charge in [0.1, 0.15) is 5.75 Å². The zero-order valence-corrected chi connectivity index (χ0v) is 14.0. The number of carbonyl (C=O) groups excluding carboxylic acids is 1. The van der Waals surface area contributed by atoms with E-state index in [0.717, 1.165) is 24.3 Å². The molecule has 3 nitrogen and oxygen atoms in total. The SMILES string of the molecule is CCOc1ccc(C(=O)/C=C/Nc2cccc3c2CCCC3)cc1. The first-order chi connectivity index (χ1) is 11.8. The zero-order valence-electron chi connectivity index (χ0n) is 14.0. The summed E-state index contributed by atoms with van der Waals surface area (Å²) in [6.45, 7) is 2.56. The van der Waals surface area contributed by atoms with Gasteiger partial charge in [-0.25, -0.2) is 0 Å². The lowest BCUT2D eigenvalue weighted by atomic mass is 9.90. The Morgan fingerprint density at radius 1 is 1.12 bits per heavy atom. The highest BCUT2D eigenvalue weighted by atomic mass is 16.5. The van der Waals surface area contributed by atoms with Gasteiger partial charge in [0.05, 0.1) is 6.61 Å². The minimum absolute atomic E-state index is 0.0182. The number of anilines is 1. The maximum atomic E-state index is 12.2. The number of ether oxygens (including phenoxy) is 1. The Morgan fingerprint density at radius 3 is 2.71 bits per heavy atom. The molecule has 2 aromatic carbocycles. The molecule has 0 heterocycles. The molecule has 0 fully saturated rings. The van der Waals surface area contributed by atoms with Crippen LogP contribution in [0.15, 0.2) is 54.7 Å². The van der Waals surface area contributed by atoms with E-state index in [2.05, 4.69) is 23.5 Å². The fourth-order valence-electron chi connectivity index (χ4n) is 3.10. The van der Waals surface area contributed by atoms with Gasteiger partial charge in [0, 0.05) is 23.5 Å². The Hall–Kier alpha value is -2.55. The first-order valence-corrected chi connectivity index (χ1v) is 8.59. The number of rotatable bonds is 6. The van der Waals surface area contributed by atoms with Crippen molar-refractivity contribution in [3.8, 4) is 5.75 Å². The van der Waals surface area contributed by atoms with E-state index in [9.17, 15) is 4.79 Å². The molecule has 0 saturated heterocycles. The Morgan fingerprint density at radius 2 is 1.92 bits per heavy atom. The van der Waals surface area contributed by atoms with E-state index in [1.807, 2.05) is 19.1 Å². The molecule has 1 N–H and O–H groups in total. The first-order valence-electron chi connectivity index (χ1n) is 8.59. The predicted molar refractivity (Wildman–Crippen MR) is 97.8 cm³/mol. The largest absolute Gasteiger partial charge is 0.494 e. The summed E-state index contributed by atoms with van der Waals surface area (Å²) in [4.78, 5) is 12.2. The van der Waals surface area contributed by atoms with Crippen molar-refractivity contribution < 1.29 is 9.53 Å². The van der Waals surface area contributed by atoms with Gasteiger partial charge in [-0.2, -0.15) is 0 Å². The van der Waals surface area contributed by atoms with Gasteiger partial charge >= 0.3 is 0 Å². The van der Waals surface area contributed by atoms with E-state index in [4.69, 9.17) is 4.74 Å². The minimum Gasteiger partial charge on any atom is -0.494 e. The van der Waals surface area contributed by atoms with E-state index < -0.39 is 0 Å². The number of hydrogen-bond acceptors (Lipinski definition) is 3. The number of benzene rings is 2. The van der Waals surface area contributed by atoms with Crippen LogP contribution in [0.2, 0.25) is 0 Å². The molecule has 0 aliphatic heterocycles. The Kier molecular flexibility index (Phi) is 5.32. The Bertz CT molecular complexity index is 732. The van der Waals surface area contributed by atoms with Crippen molar-refractivity contribution in [3.05, 3.63) is 71.4 Å². The van der Waals surface area contributed by atoms with Crippen molar-refractivity contribution in [2.75, 3.05) is 11.9 Å². The third-order valence-corrected chi connectivity index (χ3v) is 4.32. The first kappa shape index (κ1) is 16.3. The van der Waals surface area contributed by atoms with Gasteiger partial charge in [-0.3, -0.25) is 4.79 Å².